The number of benzene rings is 1. The number of carbonyl (C=O) groups excluding carboxylic acids is 2. The van der Waals surface area contributed by atoms with Crippen LogP contribution in [0, 0.1) is 6.92 Å². The van der Waals surface area contributed by atoms with E-state index in [-0.39, 0.29) is 29.2 Å². The Morgan fingerprint density at radius 3 is 2.81 bits per heavy atom. The Labute approximate surface area is 194 Å². The number of nitrogens with one attached hydrogen (secondary N) is 2. The van der Waals surface area contributed by atoms with Gasteiger partial charge in [0.25, 0.3) is 11.5 Å². The van der Waals surface area contributed by atoms with Crippen molar-refractivity contribution in [1.82, 2.24) is 14.7 Å². The second-order valence-corrected chi connectivity index (χ2v) is 9.88. The molecule has 0 atom stereocenters. The molecule has 1 aliphatic carbocycles. The third-order valence-electron chi connectivity index (χ3n) is 5.54. The molecule has 168 valence electrons. The van der Waals surface area contributed by atoms with Crippen LogP contribution >= 0.6 is 23.1 Å². The number of aromatic nitrogens is 2. The first kappa shape index (κ1) is 22.5. The van der Waals surface area contributed by atoms with Crippen LogP contribution in [0.4, 0.5) is 5.69 Å². The zero-order valence-corrected chi connectivity index (χ0v) is 19.6. The molecule has 1 aromatic carbocycles. The molecule has 1 aliphatic rings. The molecule has 0 saturated heterocycles. The van der Waals surface area contributed by atoms with E-state index in [2.05, 4.69) is 15.6 Å². The number of aryl methyl sites for hydroxylation is 1. The molecule has 0 spiro atoms. The summed E-state index contributed by atoms with van der Waals surface area (Å²) in [5.41, 5.74) is 2.71. The van der Waals surface area contributed by atoms with Gasteiger partial charge in [0.1, 0.15) is 0 Å². The lowest BCUT2D eigenvalue weighted by molar-refractivity contribution is -0.113. The predicted octanol–water partition coefficient (Wildman–Crippen LogP) is 4.00. The minimum absolute atomic E-state index is 0.0560. The number of anilines is 1. The fourth-order valence-corrected chi connectivity index (χ4v) is 5.31. The number of fused-ring (bicyclic) bond motifs is 1. The number of hydrogen-bond acceptors (Lipinski definition) is 6. The van der Waals surface area contributed by atoms with Crippen LogP contribution in [0.5, 0.6) is 0 Å². The number of carbonyl (C=O) groups is 2. The number of thiazole rings is 1. The fraction of sp³-hybridized carbons (Fsp3) is 0.391. The molecule has 1 saturated carbocycles. The monoisotopic (exact) mass is 470 g/mol. The molecule has 1 fully saturated rings. The van der Waals surface area contributed by atoms with Crippen LogP contribution in [0.1, 0.15) is 53.7 Å². The Bertz CT molecular complexity index is 1180. The fourth-order valence-electron chi connectivity index (χ4n) is 3.86. The first-order valence-electron chi connectivity index (χ1n) is 10.7. The summed E-state index contributed by atoms with van der Waals surface area (Å²) in [7, 11) is 0. The largest absolute Gasteiger partial charge is 0.349 e. The molecular formula is C23H26N4O3S2. The van der Waals surface area contributed by atoms with Gasteiger partial charge in [0.15, 0.2) is 4.96 Å². The second-order valence-electron chi connectivity index (χ2n) is 8.02. The van der Waals surface area contributed by atoms with E-state index in [0.29, 0.717) is 27.7 Å². The standard InChI is InChI=1S/C23H26N4O3S2/c1-15-11-16(22(30)24-17-5-3-2-4-6-17)7-8-19(15)26-20(28)14-31-13-18-12-21(29)27-9-10-32-23(27)25-18/h7-12,17H,2-6,13-14H2,1H3,(H,24,30)(H,26,28). The molecule has 7 nitrogen and oxygen atoms in total. The zero-order chi connectivity index (χ0) is 22.5. The second kappa shape index (κ2) is 10.3. The lowest BCUT2D eigenvalue weighted by atomic mass is 9.95. The van der Waals surface area contributed by atoms with Gasteiger partial charge < -0.3 is 10.6 Å². The van der Waals surface area contributed by atoms with Crippen molar-refractivity contribution in [2.75, 3.05) is 11.1 Å². The average molecular weight is 471 g/mol. The summed E-state index contributed by atoms with van der Waals surface area (Å²) in [5, 5.41) is 7.85. The van der Waals surface area contributed by atoms with Gasteiger partial charge >= 0.3 is 0 Å². The minimum atomic E-state index is -0.133. The van der Waals surface area contributed by atoms with Crippen molar-refractivity contribution >= 4 is 45.6 Å². The van der Waals surface area contributed by atoms with Gasteiger partial charge in [0, 0.05) is 40.7 Å². The highest BCUT2D eigenvalue weighted by molar-refractivity contribution is 7.99. The van der Waals surface area contributed by atoms with Crippen molar-refractivity contribution in [3.63, 3.8) is 0 Å². The highest BCUT2D eigenvalue weighted by Crippen LogP contribution is 2.20. The maximum absolute atomic E-state index is 12.5. The van der Waals surface area contributed by atoms with Gasteiger partial charge in [-0.1, -0.05) is 19.3 Å². The Hall–Kier alpha value is -2.65. The molecule has 2 heterocycles. The smallest absolute Gasteiger partial charge is 0.258 e. The molecule has 2 N–H and O–H groups in total. The van der Waals surface area contributed by atoms with Crippen molar-refractivity contribution in [2.24, 2.45) is 0 Å². The van der Waals surface area contributed by atoms with Crippen molar-refractivity contribution in [3.8, 4) is 0 Å². The van der Waals surface area contributed by atoms with Gasteiger partial charge in [0.2, 0.25) is 5.91 Å². The number of thioether (sulfide) groups is 1. The van der Waals surface area contributed by atoms with Crippen LogP contribution < -0.4 is 16.2 Å². The van der Waals surface area contributed by atoms with Gasteiger partial charge in [-0.2, -0.15) is 0 Å². The van der Waals surface area contributed by atoms with E-state index in [0.717, 1.165) is 18.4 Å². The molecule has 4 rings (SSSR count). The molecule has 3 aromatic rings. The number of amides is 2. The predicted molar refractivity (Wildman–Crippen MR) is 130 cm³/mol. The van der Waals surface area contributed by atoms with Gasteiger partial charge in [-0.05, 0) is 43.5 Å². The summed E-state index contributed by atoms with van der Waals surface area (Å²) in [4.78, 5) is 42.1. The van der Waals surface area contributed by atoms with Gasteiger partial charge in [-0.3, -0.25) is 18.8 Å². The Morgan fingerprint density at radius 1 is 1.22 bits per heavy atom. The summed E-state index contributed by atoms with van der Waals surface area (Å²) in [6.45, 7) is 1.88. The zero-order valence-electron chi connectivity index (χ0n) is 17.9. The lowest BCUT2D eigenvalue weighted by Crippen LogP contribution is -2.36. The van der Waals surface area contributed by atoms with E-state index in [4.69, 9.17) is 0 Å². The van der Waals surface area contributed by atoms with Crippen LogP contribution in [-0.4, -0.2) is 33.0 Å². The van der Waals surface area contributed by atoms with Crippen LogP contribution in [-0.2, 0) is 10.5 Å². The first-order valence-corrected chi connectivity index (χ1v) is 12.8. The molecule has 32 heavy (non-hydrogen) atoms. The summed E-state index contributed by atoms with van der Waals surface area (Å²) < 4.78 is 1.51. The van der Waals surface area contributed by atoms with Crippen LogP contribution in [0.15, 0.2) is 40.6 Å². The van der Waals surface area contributed by atoms with Gasteiger partial charge in [-0.15, -0.1) is 23.1 Å². The Kier molecular flexibility index (Phi) is 7.26. The molecule has 9 heteroatoms. The highest BCUT2D eigenvalue weighted by Gasteiger charge is 2.17. The van der Waals surface area contributed by atoms with E-state index in [1.165, 1.54) is 52.8 Å². The van der Waals surface area contributed by atoms with Gasteiger partial charge in [-0.25, -0.2) is 4.98 Å². The molecule has 2 amide bonds. The highest BCUT2D eigenvalue weighted by atomic mass is 32.2. The third-order valence-corrected chi connectivity index (χ3v) is 7.27. The van der Waals surface area contributed by atoms with E-state index in [9.17, 15) is 14.4 Å². The summed E-state index contributed by atoms with van der Waals surface area (Å²) in [6.07, 6.45) is 7.37. The van der Waals surface area contributed by atoms with E-state index in [1.54, 1.807) is 18.3 Å². The first-order chi connectivity index (χ1) is 15.5. The van der Waals surface area contributed by atoms with Crippen molar-refractivity contribution in [3.05, 3.63) is 63.0 Å². The van der Waals surface area contributed by atoms with Crippen molar-refractivity contribution in [2.45, 2.75) is 50.8 Å². The van der Waals surface area contributed by atoms with E-state index in [1.807, 2.05) is 18.4 Å². The molecule has 0 radical (unpaired) electrons. The van der Waals surface area contributed by atoms with Crippen molar-refractivity contribution in [1.29, 1.82) is 0 Å². The maximum Gasteiger partial charge on any atom is 0.258 e. The maximum atomic E-state index is 12.5. The molecule has 0 aliphatic heterocycles. The van der Waals surface area contributed by atoms with Gasteiger partial charge in [0.05, 0.1) is 11.4 Å². The van der Waals surface area contributed by atoms with E-state index < -0.39 is 0 Å². The number of nitrogens with zero attached hydrogens (tertiary/aromatic N) is 2. The number of hydrogen-bond donors (Lipinski definition) is 2. The van der Waals surface area contributed by atoms with E-state index >= 15 is 0 Å². The molecular weight excluding hydrogens is 444 g/mol. The minimum Gasteiger partial charge on any atom is -0.349 e. The normalized spacial score (nSPS) is 14.4. The lowest BCUT2D eigenvalue weighted by Gasteiger charge is -2.23. The summed E-state index contributed by atoms with van der Waals surface area (Å²) in [5.74, 6) is 0.538. The topological polar surface area (TPSA) is 92.6 Å². The molecule has 0 unspecified atom stereocenters. The SMILES string of the molecule is Cc1cc(C(=O)NC2CCCCC2)ccc1NC(=O)CSCc1cc(=O)n2ccsc2n1. The average Bonchev–Trinajstić information content (AvgIpc) is 3.25. The van der Waals surface area contributed by atoms with Crippen molar-refractivity contribution < 1.29 is 9.59 Å². The van der Waals surface area contributed by atoms with Crippen LogP contribution in [0.2, 0.25) is 0 Å². The summed E-state index contributed by atoms with van der Waals surface area (Å²) >= 11 is 2.81. The van der Waals surface area contributed by atoms with Crippen LogP contribution in [0.25, 0.3) is 4.96 Å². The van der Waals surface area contributed by atoms with Crippen LogP contribution in [0.3, 0.4) is 0 Å². The molecule has 0 bridgehead atoms. The quantitative estimate of drug-likeness (QED) is 0.545. The third kappa shape index (κ3) is 5.58. The number of rotatable bonds is 7. The summed E-state index contributed by atoms with van der Waals surface area (Å²) in [6, 6.07) is 7.11. The Balaban J connectivity index is 1.28. The molecule has 2 aromatic heterocycles. The Morgan fingerprint density at radius 2 is 2.03 bits per heavy atom.